The van der Waals surface area contributed by atoms with Gasteiger partial charge in [-0.25, -0.2) is 0 Å². The lowest BCUT2D eigenvalue weighted by Gasteiger charge is -2.18. The zero-order chi connectivity index (χ0) is 12.1. The highest BCUT2D eigenvalue weighted by molar-refractivity contribution is 5.84. The zero-order valence-corrected chi connectivity index (χ0v) is 7.05. The predicted molar refractivity (Wildman–Crippen MR) is 38.0 cm³/mol. The van der Waals surface area contributed by atoms with Crippen molar-refractivity contribution in [2.45, 2.75) is 12.1 Å². The highest BCUT2D eigenvalue weighted by Crippen LogP contribution is 2.35. The largest absolute Gasteiger partial charge is 0.463 e. The van der Waals surface area contributed by atoms with E-state index in [1.54, 1.807) is 0 Å². The number of carbonyl (C=O) groups excluding carboxylic acids is 1. The Kier molecular flexibility index (Phi) is 4.28. The minimum atomic E-state index is -5.93. The molecule has 0 aliphatic heterocycles. The molecule has 0 saturated heterocycles. The van der Waals surface area contributed by atoms with E-state index < -0.39 is 31.1 Å². The van der Waals surface area contributed by atoms with Gasteiger partial charge in [-0.2, -0.15) is 22.0 Å². The number of amides is 1. The maximum absolute atomic E-state index is 12.2. The molecule has 10 heteroatoms. The highest BCUT2D eigenvalue weighted by atomic mass is 19.4. The van der Waals surface area contributed by atoms with Gasteiger partial charge in [-0.1, -0.05) is 5.11 Å². The summed E-state index contributed by atoms with van der Waals surface area (Å²) in [7, 11) is 0. The van der Waals surface area contributed by atoms with Gasteiger partial charge in [0, 0.05) is 18.0 Å². The molecule has 0 spiro atoms. The summed E-state index contributed by atoms with van der Waals surface area (Å²) < 4.78 is 59.1. The Morgan fingerprint density at radius 2 is 1.87 bits per heavy atom. The average Bonchev–Trinajstić information content (AvgIpc) is 2.10. The molecule has 0 aromatic carbocycles. The molecule has 15 heavy (non-hydrogen) atoms. The molecule has 0 rings (SSSR count). The third-order valence-electron chi connectivity index (χ3n) is 1.20. The van der Waals surface area contributed by atoms with Crippen LogP contribution in [0, 0.1) is 0 Å². The van der Waals surface area contributed by atoms with Gasteiger partial charge in [0.05, 0.1) is 0 Å². The van der Waals surface area contributed by atoms with Crippen LogP contribution < -0.4 is 5.32 Å². The van der Waals surface area contributed by atoms with Gasteiger partial charge >= 0.3 is 12.1 Å². The van der Waals surface area contributed by atoms with Gasteiger partial charge in [0.2, 0.25) is 0 Å². The molecule has 0 aliphatic rings. The first-order valence-corrected chi connectivity index (χ1v) is 3.47. The summed E-state index contributed by atoms with van der Waals surface area (Å²) in [5.41, 5.74) is 7.74. The van der Waals surface area contributed by atoms with E-state index in [0.29, 0.717) is 0 Å². The van der Waals surface area contributed by atoms with Crippen molar-refractivity contribution in [2.24, 2.45) is 5.11 Å². The quantitative estimate of drug-likeness (QED) is 0.258. The zero-order valence-electron chi connectivity index (χ0n) is 7.05. The fourth-order valence-corrected chi connectivity index (χ4v) is 0.504. The normalized spacial score (nSPS) is 11.8. The van der Waals surface area contributed by atoms with Gasteiger partial charge < -0.3 is 5.32 Å². The monoisotopic (exact) mass is 232 g/mol. The van der Waals surface area contributed by atoms with E-state index in [4.69, 9.17) is 5.53 Å². The molecule has 1 N–H and O–H groups in total. The third-order valence-corrected chi connectivity index (χ3v) is 1.20. The van der Waals surface area contributed by atoms with Crippen LogP contribution in [0.4, 0.5) is 22.0 Å². The first-order chi connectivity index (χ1) is 6.73. The molecular formula is C5H5F5N4O. The molecule has 0 aromatic heterocycles. The molecule has 0 saturated carbocycles. The Morgan fingerprint density at radius 1 is 1.33 bits per heavy atom. The molecule has 0 bridgehead atoms. The second kappa shape index (κ2) is 4.78. The van der Waals surface area contributed by atoms with E-state index in [1.165, 1.54) is 5.32 Å². The Balaban J connectivity index is 4.27. The maximum atomic E-state index is 12.2. The van der Waals surface area contributed by atoms with Crippen LogP contribution in [-0.4, -0.2) is 31.1 Å². The lowest BCUT2D eigenvalue weighted by molar-refractivity contribution is -0.269. The number of rotatable bonds is 4. The van der Waals surface area contributed by atoms with Crippen LogP contribution >= 0.6 is 0 Å². The summed E-state index contributed by atoms with van der Waals surface area (Å²) in [6.07, 6.45) is -5.93. The lowest BCUT2D eigenvalue weighted by atomic mass is 10.3. The van der Waals surface area contributed by atoms with Gasteiger partial charge in [0.15, 0.2) is 0 Å². The second-order valence-corrected chi connectivity index (χ2v) is 2.28. The summed E-state index contributed by atoms with van der Waals surface area (Å²) in [5.74, 6) is -7.91. The van der Waals surface area contributed by atoms with E-state index in [0.717, 1.165) is 0 Å². The molecule has 5 nitrogen and oxygen atoms in total. The van der Waals surface area contributed by atoms with Crippen molar-refractivity contribution in [3.05, 3.63) is 10.4 Å². The highest BCUT2D eigenvalue weighted by Gasteiger charge is 2.63. The topological polar surface area (TPSA) is 77.9 Å². The number of nitrogens with zero attached hydrogens (tertiary/aromatic N) is 3. The SMILES string of the molecule is [N-]=[N+]=NCCNC(=O)C(F)(F)C(F)(F)F. The van der Waals surface area contributed by atoms with Crippen LogP contribution in [0.2, 0.25) is 0 Å². The third kappa shape index (κ3) is 3.58. The minimum absolute atomic E-state index is 0.407. The van der Waals surface area contributed by atoms with Gasteiger partial charge in [-0.05, 0) is 5.53 Å². The summed E-state index contributed by atoms with van der Waals surface area (Å²) in [6.45, 7) is -0.995. The lowest BCUT2D eigenvalue weighted by Crippen LogP contribution is -2.50. The van der Waals surface area contributed by atoms with Crippen LogP contribution in [0.3, 0.4) is 0 Å². The van der Waals surface area contributed by atoms with Crippen LogP contribution in [-0.2, 0) is 4.79 Å². The molecule has 0 aliphatic carbocycles. The number of nitrogens with one attached hydrogen (secondary N) is 1. The van der Waals surface area contributed by atoms with Crippen molar-refractivity contribution in [3.8, 4) is 0 Å². The first kappa shape index (κ1) is 13.4. The summed E-state index contributed by atoms with van der Waals surface area (Å²) in [4.78, 5) is 12.6. The Bertz CT molecular complexity index is 282. The molecule has 0 atom stereocenters. The molecule has 1 amide bonds. The van der Waals surface area contributed by atoms with Crippen LogP contribution in [0.25, 0.3) is 10.4 Å². The molecule has 0 unspecified atom stereocenters. The van der Waals surface area contributed by atoms with Gasteiger partial charge in [-0.3, -0.25) is 4.79 Å². The fraction of sp³-hybridized carbons (Fsp3) is 0.800. The van der Waals surface area contributed by atoms with Gasteiger partial charge in [0.1, 0.15) is 0 Å². The predicted octanol–water partition coefficient (Wildman–Crippen LogP) is 1.61. The number of alkyl halides is 5. The van der Waals surface area contributed by atoms with Crippen molar-refractivity contribution in [1.82, 2.24) is 5.32 Å². The molecule has 86 valence electrons. The Labute approximate surface area is 79.9 Å². The molecule has 0 radical (unpaired) electrons. The van der Waals surface area contributed by atoms with Crippen molar-refractivity contribution in [3.63, 3.8) is 0 Å². The molecule has 0 aromatic rings. The number of hydrogen-bond acceptors (Lipinski definition) is 2. The molecular weight excluding hydrogens is 227 g/mol. The van der Waals surface area contributed by atoms with Crippen LogP contribution in [0.5, 0.6) is 0 Å². The van der Waals surface area contributed by atoms with E-state index in [9.17, 15) is 26.7 Å². The Hall–Kier alpha value is -1.57. The van der Waals surface area contributed by atoms with Crippen molar-refractivity contribution < 1.29 is 26.7 Å². The van der Waals surface area contributed by atoms with Gasteiger partial charge in [0.25, 0.3) is 5.91 Å². The smallest absolute Gasteiger partial charge is 0.350 e. The van der Waals surface area contributed by atoms with Crippen molar-refractivity contribution in [2.75, 3.05) is 13.1 Å². The van der Waals surface area contributed by atoms with Crippen LogP contribution in [0.15, 0.2) is 5.11 Å². The number of azide groups is 1. The van der Waals surface area contributed by atoms with E-state index in [-0.39, 0.29) is 0 Å². The van der Waals surface area contributed by atoms with Gasteiger partial charge in [-0.15, -0.1) is 0 Å². The minimum Gasteiger partial charge on any atom is -0.350 e. The van der Waals surface area contributed by atoms with Crippen LogP contribution in [0.1, 0.15) is 0 Å². The first-order valence-electron chi connectivity index (χ1n) is 3.47. The molecule has 0 heterocycles. The maximum Gasteiger partial charge on any atom is 0.463 e. The van der Waals surface area contributed by atoms with Crippen molar-refractivity contribution in [1.29, 1.82) is 0 Å². The summed E-state index contributed by atoms with van der Waals surface area (Å²) >= 11 is 0. The average molecular weight is 232 g/mol. The van der Waals surface area contributed by atoms with E-state index >= 15 is 0 Å². The number of carbonyl (C=O) groups is 1. The molecule has 0 fully saturated rings. The fourth-order valence-electron chi connectivity index (χ4n) is 0.504. The van der Waals surface area contributed by atoms with E-state index in [1.807, 2.05) is 0 Å². The number of hydrogen-bond donors (Lipinski definition) is 1. The standard InChI is InChI=1S/C5H5F5N4O/c6-4(7,5(8,9)10)3(15)12-1-2-13-14-11/h1-2H2,(H,12,15). The summed E-state index contributed by atoms with van der Waals surface area (Å²) in [6, 6.07) is 0. The summed E-state index contributed by atoms with van der Waals surface area (Å²) in [5, 5.41) is 4.12. The Morgan fingerprint density at radius 3 is 2.27 bits per heavy atom. The number of halogens is 5. The van der Waals surface area contributed by atoms with Crippen molar-refractivity contribution >= 4 is 5.91 Å². The second-order valence-electron chi connectivity index (χ2n) is 2.28. The van der Waals surface area contributed by atoms with E-state index in [2.05, 4.69) is 10.0 Å².